The molecule has 0 saturated carbocycles. The van der Waals surface area contributed by atoms with Crippen LogP contribution in [-0.2, 0) is 25.9 Å². The summed E-state index contributed by atoms with van der Waals surface area (Å²) in [6, 6.07) is 19.2. The molecule has 0 spiro atoms. The maximum Gasteiger partial charge on any atom is 0.125 e. The monoisotopic (exact) mass is 434 g/mol. The molecule has 2 heterocycles. The highest BCUT2D eigenvalue weighted by atomic mass is 79.9. The van der Waals surface area contributed by atoms with Gasteiger partial charge in [0, 0.05) is 35.9 Å². The molecule has 2 aromatic carbocycles. The number of hydrogen-bond acceptors (Lipinski definition) is 3. The predicted molar refractivity (Wildman–Crippen MR) is 114 cm³/mol. The van der Waals surface area contributed by atoms with Crippen molar-refractivity contribution in [1.82, 2.24) is 9.88 Å². The fourth-order valence-electron chi connectivity index (χ4n) is 4.39. The molecule has 3 nitrogen and oxygen atoms in total. The van der Waals surface area contributed by atoms with E-state index in [1.54, 1.807) is 0 Å². The quantitative estimate of drug-likeness (QED) is 0.544. The van der Waals surface area contributed by atoms with Gasteiger partial charge in [-0.3, -0.25) is 9.88 Å². The molecule has 1 aromatic heterocycles. The number of aryl methyl sites for hydroxylation is 1. The van der Waals surface area contributed by atoms with Gasteiger partial charge in [-0.25, -0.2) is 0 Å². The number of benzene rings is 2. The summed E-state index contributed by atoms with van der Waals surface area (Å²) in [5.41, 5.74) is 6.68. The van der Waals surface area contributed by atoms with Crippen LogP contribution in [-0.4, -0.2) is 16.4 Å². The van der Waals surface area contributed by atoms with Crippen LogP contribution in [0.25, 0.3) is 0 Å². The third-order valence-electron chi connectivity index (χ3n) is 5.80. The molecule has 142 valence electrons. The van der Waals surface area contributed by atoms with Crippen LogP contribution in [0.4, 0.5) is 0 Å². The zero-order valence-corrected chi connectivity index (χ0v) is 17.4. The molecule has 1 aliphatic heterocycles. The third kappa shape index (κ3) is 3.59. The maximum absolute atomic E-state index is 6.42. The van der Waals surface area contributed by atoms with E-state index in [1.807, 2.05) is 12.3 Å². The van der Waals surface area contributed by atoms with Gasteiger partial charge in [0.05, 0.1) is 5.69 Å². The summed E-state index contributed by atoms with van der Waals surface area (Å²) in [7, 11) is 0. The van der Waals surface area contributed by atoms with Crippen molar-refractivity contribution in [3.8, 4) is 5.75 Å². The molecule has 0 fully saturated rings. The summed E-state index contributed by atoms with van der Waals surface area (Å²) in [5.74, 6) is 0.991. The lowest BCUT2D eigenvalue weighted by Crippen LogP contribution is -2.30. The van der Waals surface area contributed by atoms with Gasteiger partial charge in [0.25, 0.3) is 0 Å². The van der Waals surface area contributed by atoms with Gasteiger partial charge in [-0.15, -0.1) is 0 Å². The van der Waals surface area contributed by atoms with Crippen LogP contribution in [0, 0.1) is 0 Å². The van der Waals surface area contributed by atoms with Crippen LogP contribution >= 0.6 is 15.9 Å². The van der Waals surface area contributed by atoms with E-state index in [0.717, 1.165) is 54.8 Å². The molecule has 3 aromatic rings. The van der Waals surface area contributed by atoms with Gasteiger partial charge < -0.3 is 4.74 Å². The number of fused-ring (bicyclic) bond motifs is 2. The predicted octanol–water partition coefficient (Wildman–Crippen LogP) is 5.47. The summed E-state index contributed by atoms with van der Waals surface area (Å²) in [6.07, 6.45) is 5.22. The van der Waals surface area contributed by atoms with E-state index in [2.05, 4.69) is 74.3 Å². The summed E-state index contributed by atoms with van der Waals surface area (Å²) in [5, 5.41) is 0. The first kappa shape index (κ1) is 17.9. The fourth-order valence-corrected chi connectivity index (χ4v) is 5.05. The van der Waals surface area contributed by atoms with Crippen molar-refractivity contribution >= 4 is 15.9 Å². The first-order valence-corrected chi connectivity index (χ1v) is 10.7. The molecule has 5 rings (SSSR count). The first-order valence-electron chi connectivity index (χ1n) is 9.94. The molecule has 0 amide bonds. The minimum Gasteiger partial charge on any atom is -0.486 e. The number of pyridine rings is 1. The minimum absolute atomic E-state index is 0.146. The standard InChI is InChI=1S/C24H23BrN2O/c25-22-6-3-4-17-8-10-23(24(17)22)28-21-9-7-19-15-27(13-11-18(19)14-21)16-20-5-1-2-12-26-20/h1-7,9,12,14,23H,8,10-11,13,15-16H2/t23-/m0/s1. The van der Waals surface area contributed by atoms with Gasteiger partial charge in [0.1, 0.15) is 11.9 Å². The van der Waals surface area contributed by atoms with Crippen molar-refractivity contribution in [3.05, 3.63) is 93.2 Å². The van der Waals surface area contributed by atoms with Crippen LogP contribution < -0.4 is 4.74 Å². The summed E-state index contributed by atoms with van der Waals surface area (Å²) in [6.45, 7) is 2.94. The molecule has 1 atom stereocenters. The molecule has 0 radical (unpaired) electrons. The third-order valence-corrected chi connectivity index (χ3v) is 6.49. The Bertz CT molecular complexity index is 989. The maximum atomic E-state index is 6.42. The van der Waals surface area contributed by atoms with Gasteiger partial charge in [-0.05, 0) is 66.3 Å². The Labute approximate surface area is 174 Å². The molecule has 0 unspecified atom stereocenters. The second-order valence-corrected chi connectivity index (χ2v) is 8.52. The van der Waals surface area contributed by atoms with Crippen molar-refractivity contribution in [1.29, 1.82) is 0 Å². The summed E-state index contributed by atoms with van der Waals surface area (Å²) in [4.78, 5) is 6.93. The highest BCUT2D eigenvalue weighted by Crippen LogP contribution is 2.39. The Kier molecular flexibility index (Phi) is 4.91. The van der Waals surface area contributed by atoms with Gasteiger partial charge in [-0.2, -0.15) is 0 Å². The zero-order chi connectivity index (χ0) is 18.9. The SMILES string of the molecule is Brc1cccc2c1[C@@H](Oc1ccc3c(c1)CCN(Cc1ccccn1)C3)CC2. The number of halogens is 1. The number of nitrogens with zero attached hydrogens (tertiary/aromatic N) is 2. The lowest BCUT2D eigenvalue weighted by atomic mass is 9.99. The molecular formula is C24H23BrN2O. The van der Waals surface area contributed by atoms with Crippen molar-refractivity contribution in [3.63, 3.8) is 0 Å². The molecule has 1 aliphatic carbocycles. The van der Waals surface area contributed by atoms with Crippen LogP contribution in [0.15, 0.2) is 65.3 Å². The zero-order valence-electron chi connectivity index (χ0n) is 15.8. The van der Waals surface area contributed by atoms with Crippen molar-refractivity contribution in [2.45, 2.75) is 38.5 Å². The average Bonchev–Trinajstić information content (AvgIpc) is 3.13. The smallest absolute Gasteiger partial charge is 0.125 e. The van der Waals surface area contributed by atoms with Crippen LogP contribution in [0.5, 0.6) is 5.75 Å². The lowest BCUT2D eigenvalue weighted by Gasteiger charge is -2.29. The summed E-state index contributed by atoms with van der Waals surface area (Å²) >= 11 is 3.70. The average molecular weight is 435 g/mol. The van der Waals surface area contributed by atoms with E-state index in [0.29, 0.717) is 0 Å². The highest BCUT2D eigenvalue weighted by Gasteiger charge is 2.26. The first-order chi connectivity index (χ1) is 13.8. The van der Waals surface area contributed by atoms with Crippen LogP contribution in [0.3, 0.4) is 0 Å². The highest BCUT2D eigenvalue weighted by molar-refractivity contribution is 9.10. The van der Waals surface area contributed by atoms with Crippen LogP contribution in [0.1, 0.15) is 40.5 Å². The van der Waals surface area contributed by atoms with E-state index in [4.69, 9.17) is 4.74 Å². The largest absolute Gasteiger partial charge is 0.486 e. The molecule has 28 heavy (non-hydrogen) atoms. The van der Waals surface area contributed by atoms with Gasteiger partial charge in [0.2, 0.25) is 0 Å². The Morgan fingerprint density at radius 2 is 1.96 bits per heavy atom. The topological polar surface area (TPSA) is 25.4 Å². The molecular weight excluding hydrogens is 412 g/mol. The minimum atomic E-state index is 0.146. The summed E-state index contributed by atoms with van der Waals surface area (Å²) < 4.78 is 7.58. The lowest BCUT2D eigenvalue weighted by molar-refractivity contribution is 0.205. The normalized spacial score (nSPS) is 18.5. The van der Waals surface area contributed by atoms with Crippen molar-refractivity contribution in [2.24, 2.45) is 0 Å². The molecule has 4 heteroatoms. The molecule has 0 saturated heterocycles. The second-order valence-electron chi connectivity index (χ2n) is 7.67. The van der Waals surface area contributed by atoms with E-state index in [1.165, 1.54) is 22.3 Å². The Balaban J connectivity index is 1.29. The molecule has 2 aliphatic rings. The van der Waals surface area contributed by atoms with Gasteiger partial charge >= 0.3 is 0 Å². The Morgan fingerprint density at radius 3 is 2.86 bits per heavy atom. The van der Waals surface area contributed by atoms with Crippen LogP contribution in [0.2, 0.25) is 0 Å². The number of ether oxygens (including phenoxy) is 1. The molecule has 0 bridgehead atoms. The number of aromatic nitrogens is 1. The second kappa shape index (κ2) is 7.69. The number of rotatable bonds is 4. The Morgan fingerprint density at radius 1 is 1.00 bits per heavy atom. The fraction of sp³-hybridized carbons (Fsp3) is 0.292. The van der Waals surface area contributed by atoms with E-state index < -0.39 is 0 Å². The van der Waals surface area contributed by atoms with Crippen molar-refractivity contribution < 1.29 is 4.74 Å². The van der Waals surface area contributed by atoms with Gasteiger partial charge in [0.15, 0.2) is 0 Å². The van der Waals surface area contributed by atoms with E-state index in [9.17, 15) is 0 Å². The number of hydrogen-bond donors (Lipinski definition) is 0. The van der Waals surface area contributed by atoms with E-state index >= 15 is 0 Å². The van der Waals surface area contributed by atoms with Crippen molar-refractivity contribution in [2.75, 3.05) is 6.54 Å². The molecule has 0 N–H and O–H groups in total. The Hall–Kier alpha value is -2.17. The van der Waals surface area contributed by atoms with E-state index in [-0.39, 0.29) is 6.10 Å². The van der Waals surface area contributed by atoms with Gasteiger partial charge in [-0.1, -0.05) is 40.2 Å².